The Kier molecular flexibility index (Phi) is 4.55. The fourth-order valence-electron chi connectivity index (χ4n) is 2.06. The molecule has 1 heterocycles. The Morgan fingerprint density at radius 1 is 1.40 bits per heavy atom. The highest BCUT2D eigenvalue weighted by atomic mass is 32.2. The lowest BCUT2D eigenvalue weighted by molar-refractivity contribution is 0.311. The standard InChI is InChI=1S/C14H22N2O3S/c1-11(2)6-7-15-20(17,18)12-4-5-14-13(10-12)16(3)8-9-19-14/h4-5,10-11,15H,6-9H2,1-3H3. The van der Waals surface area contributed by atoms with Crippen LogP contribution in [0.1, 0.15) is 20.3 Å². The predicted molar refractivity (Wildman–Crippen MR) is 79.9 cm³/mol. The SMILES string of the molecule is CC(C)CCNS(=O)(=O)c1ccc2c(c1)N(C)CCO2. The van der Waals surface area contributed by atoms with Gasteiger partial charge in [0.15, 0.2) is 0 Å². The summed E-state index contributed by atoms with van der Waals surface area (Å²) in [5.74, 6) is 1.21. The van der Waals surface area contributed by atoms with Gasteiger partial charge in [-0.3, -0.25) is 0 Å². The lowest BCUT2D eigenvalue weighted by atomic mass is 10.1. The van der Waals surface area contributed by atoms with Crippen LogP contribution in [0.4, 0.5) is 5.69 Å². The van der Waals surface area contributed by atoms with Gasteiger partial charge in [-0.25, -0.2) is 13.1 Å². The van der Waals surface area contributed by atoms with Gasteiger partial charge >= 0.3 is 0 Å². The van der Waals surface area contributed by atoms with Crippen LogP contribution in [0.25, 0.3) is 0 Å². The van der Waals surface area contributed by atoms with Gasteiger partial charge in [0.25, 0.3) is 0 Å². The molecule has 0 unspecified atom stereocenters. The number of nitrogens with one attached hydrogen (secondary N) is 1. The summed E-state index contributed by atoms with van der Waals surface area (Å²) in [7, 11) is -1.51. The zero-order chi connectivity index (χ0) is 14.8. The van der Waals surface area contributed by atoms with Gasteiger partial charge in [-0.15, -0.1) is 0 Å². The van der Waals surface area contributed by atoms with Crippen molar-refractivity contribution >= 4 is 15.7 Å². The minimum atomic E-state index is -3.45. The molecule has 0 atom stereocenters. The van der Waals surface area contributed by atoms with Gasteiger partial charge in [0.05, 0.1) is 17.1 Å². The number of fused-ring (bicyclic) bond motifs is 1. The summed E-state index contributed by atoms with van der Waals surface area (Å²) in [5.41, 5.74) is 0.822. The summed E-state index contributed by atoms with van der Waals surface area (Å²) < 4.78 is 32.6. The van der Waals surface area contributed by atoms with E-state index in [0.29, 0.717) is 19.1 Å². The van der Waals surface area contributed by atoms with Crippen LogP contribution in [0, 0.1) is 5.92 Å². The van der Waals surface area contributed by atoms with Crippen molar-refractivity contribution in [3.63, 3.8) is 0 Å². The molecule has 0 saturated heterocycles. The first-order chi connectivity index (χ1) is 9.40. The maximum Gasteiger partial charge on any atom is 0.240 e. The van der Waals surface area contributed by atoms with Crippen molar-refractivity contribution in [2.75, 3.05) is 31.6 Å². The molecular weight excluding hydrogens is 276 g/mol. The summed E-state index contributed by atoms with van der Waals surface area (Å²) in [6, 6.07) is 4.99. The third-order valence-electron chi connectivity index (χ3n) is 3.35. The first-order valence-corrected chi connectivity index (χ1v) is 8.36. The number of likely N-dealkylation sites (N-methyl/N-ethyl adjacent to an activating group) is 1. The fraction of sp³-hybridized carbons (Fsp3) is 0.571. The Morgan fingerprint density at radius 2 is 2.15 bits per heavy atom. The van der Waals surface area contributed by atoms with E-state index >= 15 is 0 Å². The molecule has 112 valence electrons. The van der Waals surface area contributed by atoms with E-state index in [4.69, 9.17) is 4.74 Å². The van der Waals surface area contributed by atoms with Crippen molar-refractivity contribution in [2.45, 2.75) is 25.2 Å². The van der Waals surface area contributed by atoms with Crippen molar-refractivity contribution in [1.82, 2.24) is 4.72 Å². The maximum absolute atomic E-state index is 12.2. The predicted octanol–water partition coefficient (Wildman–Crippen LogP) is 1.84. The monoisotopic (exact) mass is 298 g/mol. The van der Waals surface area contributed by atoms with Crippen molar-refractivity contribution in [3.05, 3.63) is 18.2 Å². The molecule has 0 amide bonds. The Morgan fingerprint density at radius 3 is 2.85 bits per heavy atom. The van der Waals surface area contributed by atoms with Crippen LogP contribution in [0.3, 0.4) is 0 Å². The zero-order valence-corrected chi connectivity index (χ0v) is 13.0. The van der Waals surface area contributed by atoms with E-state index in [9.17, 15) is 8.42 Å². The number of rotatable bonds is 5. The molecule has 0 radical (unpaired) electrons. The number of benzene rings is 1. The van der Waals surface area contributed by atoms with Crippen LogP contribution in [0.5, 0.6) is 5.75 Å². The van der Waals surface area contributed by atoms with Gasteiger partial charge in [-0.2, -0.15) is 0 Å². The van der Waals surface area contributed by atoms with Crippen molar-refractivity contribution in [2.24, 2.45) is 5.92 Å². The van der Waals surface area contributed by atoms with Crippen LogP contribution in [-0.4, -0.2) is 35.2 Å². The molecular formula is C14H22N2O3S. The van der Waals surface area contributed by atoms with Crippen molar-refractivity contribution in [3.8, 4) is 5.75 Å². The van der Waals surface area contributed by atoms with Gasteiger partial charge in [0.2, 0.25) is 10.0 Å². The van der Waals surface area contributed by atoms with Gasteiger partial charge in [0, 0.05) is 13.6 Å². The summed E-state index contributed by atoms with van der Waals surface area (Å²) in [6.45, 7) is 5.99. The van der Waals surface area contributed by atoms with Gasteiger partial charge in [-0.05, 0) is 30.5 Å². The molecule has 6 heteroatoms. The van der Waals surface area contributed by atoms with E-state index in [1.54, 1.807) is 18.2 Å². The average Bonchev–Trinajstić information content (AvgIpc) is 2.38. The Hall–Kier alpha value is -1.27. The third kappa shape index (κ3) is 3.43. The Balaban J connectivity index is 2.18. The summed E-state index contributed by atoms with van der Waals surface area (Å²) in [6.07, 6.45) is 0.827. The second kappa shape index (κ2) is 6.01. The van der Waals surface area contributed by atoms with Crippen LogP contribution in [0.15, 0.2) is 23.1 Å². The first-order valence-electron chi connectivity index (χ1n) is 6.88. The molecule has 0 spiro atoms. The smallest absolute Gasteiger partial charge is 0.240 e. The van der Waals surface area contributed by atoms with Crippen molar-refractivity contribution in [1.29, 1.82) is 0 Å². The average molecular weight is 298 g/mol. The normalized spacial score (nSPS) is 15.1. The molecule has 1 N–H and O–H groups in total. The highest BCUT2D eigenvalue weighted by molar-refractivity contribution is 7.89. The van der Waals surface area contributed by atoms with Crippen molar-refractivity contribution < 1.29 is 13.2 Å². The number of hydrogen-bond acceptors (Lipinski definition) is 4. The number of anilines is 1. The van der Waals surface area contributed by atoms with Gasteiger partial charge < -0.3 is 9.64 Å². The third-order valence-corrected chi connectivity index (χ3v) is 4.81. The van der Waals surface area contributed by atoms with Crippen LogP contribution >= 0.6 is 0 Å². The molecule has 1 aromatic rings. The van der Waals surface area contributed by atoms with Crippen LogP contribution < -0.4 is 14.4 Å². The summed E-state index contributed by atoms with van der Waals surface area (Å²) in [4.78, 5) is 2.30. The number of sulfonamides is 1. The van der Waals surface area contributed by atoms with E-state index in [0.717, 1.165) is 24.4 Å². The Labute approximate surface area is 121 Å². The van der Waals surface area contributed by atoms with Gasteiger partial charge in [0.1, 0.15) is 12.4 Å². The minimum absolute atomic E-state index is 0.289. The highest BCUT2D eigenvalue weighted by Crippen LogP contribution is 2.32. The van der Waals surface area contributed by atoms with Crippen LogP contribution in [0.2, 0.25) is 0 Å². The van der Waals surface area contributed by atoms with E-state index in [1.165, 1.54) is 0 Å². The van der Waals surface area contributed by atoms with E-state index in [1.807, 2.05) is 11.9 Å². The number of hydrogen-bond donors (Lipinski definition) is 1. The van der Waals surface area contributed by atoms with Gasteiger partial charge in [-0.1, -0.05) is 13.8 Å². The molecule has 2 rings (SSSR count). The molecule has 0 fully saturated rings. The van der Waals surface area contributed by atoms with Crippen LogP contribution in [-0.2, 0) is 10.0 Å². The minimum Gasteiger partial charge on any atom is -0.490 e. The molecule has 1 aliphatic rings. The molecule has 1 aliphatic heterocycles. The second-order valence-electron chi connectivity index (χ2n) is 5.48. The van der Waals surface area contributed by atoms with E-state index < -0.39 is 10.0 Å². The first kappa shape index (κ1) is 15.1. The lowest BCUT2D eigenvalue weighted by Crippen LogP contribution is -2.30. The second-order valence-corrected chi connectivity index (χ2v) is 7.25. The zero-order valence-electron chi connectivity index (χ0n) is 12.2. The highest BCUT2D eigenvalue weighted by Gasteiger charge is 2.20. The lowest BCUT2D eigenvalue weighted by Gasteiger charge is -2.28. The molecule has 0 bridgehead atoms. The van der Waals surface area contributed by atoms with E-state index in [2.05, 4.69) is 18.6 Å². The Bertz CT molecular complexity index is 570. The number of nitrogens with zero attached hydrogens (tertiary/aromatic N) is 1. The largest absolute Gasteiger partial charge is 0.490 e. The molecule has 1 aromatic carbocycles. The topological polar surface area (TPSA) is 58.6 Å². The summed E-state index contributed by atoms with van der Waals surface area (Å²) >= 11 is 0. The quantitative estimate of drug-likeness (QED) is 0.901. The maximum atomic E-state index is 12.2. The van der Waals surface area contributed by atoms with E-state index in [-0.39, 0.29) is 4.90 Å². The summed E-state index contributed by atoms with van der Waals surface area (Å²) in [5, 5.41) is 0. The molecule has 0 saturated carbocycles. The molecule has 5 nitrogen and oxygen atoms in total. The molecule has 20 heavy (non-hydrogen) atoms. The fourth-order valence-corrected chi connectivity index (χ4v) is 3.13. The number of ether oxygens (including phenoxy) is 1. The molecule has 0 aliphatic carbocycles. The molecule has 0 aromatic heterocycles.